The summed E-state index contributed by atoms with van der Waals surface area (Å²) in [5.41, 5.74) is 0. The van der Waals surface area contributed by atoms with E-state index in [-0.39, 0.29) is 0 Å². The lowest BCUT2D eigenvalue weighted by molar-refractivity contribution is 1.79. The molecule has 0 aliphatic heterocycles. The Morgan fingerprint density at radius 1 is 0.130 bits per heavy atom. The van der Waals surface area contributed by atoms with Crippen molar-refractivity contribution in [3.63, 3.8) is 0 Å². The van der Waals surface area contributed by atoms with Crippen LogP contribution in [-0.2, 0) is 0 Å². The Labute approximate surface area is 310 Å². The molecule has 13 rings (SSSR count). The average Bonchev–Trinajstić information content (AvgIpc) is 3.24. The van der Waals surface area contributed by atoms with Crippen LogP contribution in [0.3, 0.4) is 0 Å². The third-order valence-electron chi connectivity index (χ3n) is 12.5. The number of rotatable bonds is 0. The molecule has 0 aliphatic rings. The van der Waals surface area contributed by atoms with Gasteiger partial charge in [-0.3, -0.25) is 0 Å². The molecule has 0 atom stereocenters. The van der Waals surface area contributed by atoms with Gasteiger partial charge >= 0.3 is 0 Å². The van der Waals surface area contributed by atoms with Crippen LogP contribution in [0.2, 0.25) is 0 Å². The van der Waals surface area contributed by atoms with Gasteiger partial charge in [-0.05, 0) is 129 Å². The van der Waals surface area contributed by atoms with Gasteiger partial charge in [0.2, 0.25) is 0 Å². The molecule has 13 aromatic rings. The summed E-state index contributed by atoms with van der Waals surface area (Å²) in [5, 5.41) is 31.2. The molecule has 0 radical (unpaired) electrons. The Kier molecular flexibility index (Phi) is 5.45. The van der Waals surface area contributed by atoms with E-state index < -0.39 is 0 Å². The van der Waals surface area contributed by atoms with Crippen molar-refractivity contribution < 1.29 is 0 Å². The Morgan fingerprint density at radius 2 is 0.296 bits per heavy atom. The van der Waals surface area contributed by atoms with E-state index in [0.717, 1.165) is 0 Å². The smallest absolute Gasteiger partial charge is 0.00139 e. The molecule has 0 nitrogen and oxygen atoms in total. The Hall–Kier alpha value is -7.02. The molecule has 0 aromatic heterocycles. The van der Waals surface area contributed by atoms with Gasteiger partial charge in [-0.25, -0.2) is 0 Å². The van der Waals surface area contributed by atoms with E-state index in [1.807, 2.05) is 0 Å². The molecule has 0 saturated heterocycles. The van der Waals surface area contributed by atoms with Gasteiger partial charge in [0.05, 0.1) is 0 Å². The third-order valence-corrected chi connectivity index (χ3v) is 12.5. The minimum absolute atomic E-state index is 1.27. The van der Waals surface area contributed by atoms with Crippen LogP contribution in [-0.4, -0.2) is 0 Å². The van der Waals surface area contributed by atoms with Crippen LogP contribution in [0.5, 0.6) is 0 Å². The summed E-state index contributed by atoms with van der Waals surface area (Å²) in [7, 11) is 0. The highest BCUT2D eigenvalue weighted by Crippen LogP contribution is 2.47. The van der Waals surface area contributed by atoms with E-state index in [2.05, 4.69) is 182 Å². The van der Waals surface area contributed by atoms with Gasteiger partial charge < -0.3 is 0 Å². The van der Waals surface area contributed by atoms with Gasteiger partial charge in [-0.1, -0.05) is 182 Å². The minimum atomic E-state index is 1.27. The lowest BCUT2D eigenvalue weighted by atomic mass is 9.85. The molecule has 246 valence electrons. The van der Waals surface area contributed by atoms with E-state index in [4.69, 9.17) is 0 Å². The number of benzene rings is 13. The molecule has 0 amide bonds. The zero-order valence-electron chi connectivity index (χ0n) is 29.3. The first-order valence-electron chi connectivity index (χ1n) is 18.9. The van der Waals surface area contributed by atoms with E-state index in [1.54, 1.807) is 0 Å². The lowest BCUT2D eigenvalue weighted by Crippen LogP contribution is -1.89. The molecule has 54 heavy (non-hydrogen) atoms. The topological polar surface area (TPSA) is 0 Å². The molecular formula is C54H30. The van der Waals surface area contributed by atoms with Crippen molar-refractivity contribution in [1.82, 2.24) is 0 Å². The molecular weight excluding hydrogens is 649 g/mol. The van der Waals surface area contributed by atoms with E-state index >= 15 is 0 Å². The van der Waals surface area contributed by atoms with Gasteiger partial charge in [-0.2, -0.15) is 0 Å². The predicted octanol–water partition coefficient (Wildman–Crippen LogP) is 15.5. The van der Waals surface area contributed by atoms with Crippen LogP contribution in [0.4, 0.5) is 0 Å². The first-order valence-corrected chi connectivity index (χ1v) is 18.9. The maximum absolute atomic E-state index is 2.34. The second kappa shape index (κ2) is 10.3. The van der Waals surface area contributed by atoms with Crippen molar-refractivity contribution in [3.05, 3.63) is 182 Å². The second-order valence-corrected chi connectivity index (χ2v) is 15.1. The van der Waals surface area contributed by atoms with Crippen molar-refractivity contribution in [2.24, 2.45) is 0 Å². The molecule has 0 N–H and O–H groups in total. The fourth-order valence-corrected chi connectivity index (χ4v) is 10.1. The van der Waals surface area contributed by atoms with Crippen molar-refractivity contribution in [3.8, 4) is 0 Å². The highest BCUT2D eigenvalue weighted by Gasteiger charge is 2.18. The Morgan fingerprint density at radius 3 is 0.537 bits per heavy atom. The average molecular weight is 679 g/mol. The standard InChI is InChI=1S/C54H30/c1-3-7-43-31(5-1)9-11-33-13-15-35-17-19-37-21-23-39-25-27-41-29-30-42-28-26-40-24-22-38-20-18-36-16-14-34-12-10-32-6-2-4-8-44(32)46(34)48(36)50(38)52(40)54(42)53(41)51(39)49(37)47(35)45(33)43/h1-30H. The summed E-state index contributed by atoms with van der Waals surface area (Å²) in [6.07, 6.45) is 0. The first kappa shape index (κ1) is 28.6. The SMILES string of the molecule is c1ccc2c(c1)ccc1ccc3ccc4ccc5ccc6ccc7ccc8ccc9ccc%10ccc%11ccc%12ccccc%12c%11c%10c9c8c7c6c5c4c3c12. The molecule has 0 spiro atoms. The van der Waals surface area contributed by atoms with Crippen molar-refractivity contribution in [1.29, 1.82) is 0 Å². The van der Waals surface area contributed by atoms with Gasteiger partial charge in [0.25, 0.3) is 0 Å². The van der Waals surface area contributed by atoms with Crippen LogP contribution in [0.15, 0.2) is 182 Å². The third kappa shape index (κ3) is 3.67. The van der Waals surface area contributed by atoms with Gasteiger partial charge in [-0.15, -0.1) is 0 Å². The summed E-state index contributed by atoms with van der Waals surface area (Å²) < 4.78 is 0. The molecule has 0 unspecified atom stereocenters. The summed E-state index contributed by atoms with van der Waals surface area (Å²) in [6, 6.07) is 68.8. The van der Waals surface area contributed by atoms with Crippen LogP contribution in [0.25, 0.3) is 129 Å². The van der Waals surface area contributed by atoms with E-state index in [0.29, 0.717) is 0 Å². The zero-order chi connectivity index (χ0) is 35.1. The number of fused-ring (bicyclic) bond motifs is 23. The molecule has 0 heterocycles. The molecule has 0 saturated carbocycles. The van der Waals surface area contributed by atoms with E-state index in [9.17, 15) is 0 Å². The Balaban J connectivity index is 1.36. The fourth-order valence-electron chi connectivity index (χ4n) is 10.1. The van der Waals surface area contributed by atoms with Crippen LogP contribution in [0.1, 0.15) is 0 Å². The molecule has 0 bridgehead atoms. The van der Waals surface area contributed by atoms with Crippen molar-refractivity contribution in [2.45, 2.75) is 0 Å². The van der Waals surface area contributed by atoms with Crippen LogP contribution in [0, 0.1) is 0 Å². The van der Waals surface area contributed by atoms with Gasteiger partial charge in [0.1, 0.15) is 0 Å². The Bertz CT molecular complexity index is 3520. The molecule has 0 fully saturated rings. The largest absolute Gasteiger partial charge is 0.0616 e. The second-order valence-electron chi connectivity index (χ2n) is 15.1. The molecule has 0 heteroatoms. The van der Waals surface area contributed by atoms with Crippen molar-refractivity contribution >= 4 is 129 Å². The van der Waals surface area contributed by atoms with Gasteiger partial charge in [0, 0.05) is 0 Å². The zero-order valence-corrected chi connectivity index (χ0v) is 29.3. The van der Waals surface area contributed by atoms with Crippen LogP contribution >= 0.6 is 0 Å². The maximum Gasteiger partial charge on any atom is -0.00139 e. The van der Waals surface area contributed by atoms with Gasteiger partial charge in [0.15, 0.2) is 0 Å². The first-order chi connectivity index (χ1) is 26.8. The highest BCUT2D eigenvalue weighted by molar-refractivity contribution is 6.42. The summed E-state index contributed by atoms with van der Waals surface area (Å²) in [5.74, 6) is 0. The quantitative estimate of drug-likeness (QED) is 0.140. The monoisotopic (exact) mass is 678 g/mol. The summed E-state index contributed by atoms with van der Waals surface area (Å²) in [6.45, 7) is 0. The molecule has 0 aliphatic carbocycles. The summed E-state index contributed by atoms with van der Waals surface area (Å²) in [4.78, 5) is 0. The van der Waals surface area contributed by atoms with Crippen molar-refractivity contribution in [2.75, 3.05) is 0 Å². The maximum atomic E-state index is 2.34. The number of hydrogen-bond donors (Lipinski definition) is 0. The normalized spacial score (nSPS) is 12.4. The lowest BCUT2D eigenvalue weighted by Gasteiger charge is -2.18. The van der Waals surface area contributed by atoms with E-state index in [1.165, 1.54) is 129 Å². The minimum Gasteiger partial charge on any atom is -0.0616 e. The summed E-state index contributed by atoms with van der Waals surface area (Å²) >= 11 is 0. The fraction of sp³-hybridized carbons (Fsp3) is 0. The highest BCUT2D eigenvalue weighted by atomic mass is 14.2. The predicted molar refractivity (Wildman–Crippen MR) is 237 cm³/mol. The van der Waals surface area contributed by atoms with Crippen LogP contribution < -0.4 is 0 Å². The molecule has 13 aromatic carbocycles. The number of hydrogen-bond acceptors (Lipinski definition) is 0.